The molecule has 25 heavy (non-hydrogen) atoms. The Bertz CT molecular complexity index is 817. The van der Waals surface area contributed by atoms with Crippen LogP contribution >= 0.6 is 0 Å². The number of hydrogen-bond donors (Lipinski definition) is 1. The van der Waals surface area contributed by atoms with Crippen LogP contribution in [-0.2, 0) is 0 Å². The lowest BCUT2D eigenvalue weighted by Crippen LogP contribution is -2.34. The summed E-state index contributed by atoms with van der Waals surface area (Å²) >= 11 is 0. The molecule has 0 unspecified atom stereocenters. The van der Waals surface area contributed by atoms with Crippen molar-refractivity contribution in [3.05, 3.63) is 96.6 Å². The van der Waals surface area contributed by atoms with Crippen molar-refractivity contribution in [1.29, 1.82) is 0 Å². The van der Waals surface area contributed by atoms with Gasteiger partial charge in [-0.3, -0.25) is 9.89 Å². The Labute approximate surface area is 148 Å². The Kier molecular flexibility index (Phi) is 5.22. The third kappa shape index (κ3) is 3.93. The molecule has 0 aliphatic carbocycles. The molecule has 3 aromatic carbocycles. The lowest BCUT2D eigenvalue weighted by atomic mass is 10.2. The van der Waals surface area contributed by atoms with E-state index in [2.05, 4.69) is 9.98 Å². The molecule has 0 heterocycles. The summed E-state index contributed by atoms with van der Waals surface area (Å²) in [7, 11) is 1.72. The molecule has 0 amide bonds. The van der Waals surface area contributed by atoms with Gasteiger partial charge in [-0.2, -0.15) is 4.99 Å². The Morgan fingerprint density at radius 1 is 0.720 bits per heavy atom. The molecule has 0 radical (unpaired) electrons. The highest BCUT2D eigenvalue weighted by molar-refractivity contribution is 6.11. The van der Waals surface area contributed by atoms with Crippen molar-refractivity contribution in [2.24, 2.45) is 15.7 Å². The Hall–Kier alpha value is -3.40. The third-order valence-corrected chi connectivity index (χ3v) is 3.72. The molecule has 0 aromatic heterocycles. The average Bonchev–Trinajstić information content (AvgIpc) is 2.69. The number of nitrogens with zero attached hydrogens (tertiary/aromatic N) is 3. The van der Waals surface area contributed by atoms with Crippen molar-refractivity contribution in [1.82, 2.24) is 0 Å². The van der Waals surface area contributed by atoms with Gasteiger partial charge in [0.1, 0.15) is 0 Å². The Morgan fingerprint density at radius 2 is 1.16 bits per heavy atom. The van der Waals surface area contributed by atoms with Crippen LogP contribution in [0.25, 0.3) is 0 Å². The van der Waals surface area contributed by atoms with E-state index in [1.165, 1.54) is 0 Å². The van der Waals surface area contributed by atoms with Crippen LogP contribution in [0.5, 0.6) is 0 Å². The molecule has 4 heteroatoms. The van der Waals surface area contributed by atoms with E-state index in [1.54, 1.807) is 7.05 Å². The lowest BCUT2D eigenvalue weighted by Gasteiger charge is -2.24. The molecule has 3 aromatic rings. The molecular formula is C21H20N4. The molecule has 0 saturated carbocycles. The minimum atomic E-state index is 0.363. The number of nitrogens with two attached hydrogens (primary N) is 1. The van der Waals surface area contributed by atoms with E-state index in [4.69, 9.17) is 5.73 Å². The first-order valence-electron chi connectivity index (χ1n) is 8.06. The van der Waals surface area contributed by atoms with Crippen molar-refractivity contribution in [2.75, 3.05) is 11.9 Å². The van der Waals surface area contributed by atoms with E-state index < -0.39 is 0 Å². The normalized spacial score (nSPS) is 12.0. The van der Waals surface area contributed by atoms with Crippen LogP contribution in [0, 0.1) is 0 Å². The van der Waals surface area contributed by atoms with Crippen molar-refractivity contribution >= 4 is 23.2 Å². The van der Waals surface area contributed by atoms with Crippen molar-refractivity contribution in [3.63, 3.8) is 0 Å². The number of hydrogen-bond acceptors (Lipinski definition) is 1. The van der Waals surface area contributed by atoms with Crippen molar-refractivity contribution < 1.29 is 0 Å². The summed E-state index contributed by atoms with van der Waals surface area (Å²) in [5, 5.41) is 0. The van der Waals surface area contributed by atoms with Crippen LogP contribution in [-0.4, -0.2) is 18.8 Å². The van der Waals surface area contributed by atoms with Crippen molar-refractivity contribution in [3.8, 4) is 0 Å². The second-order valence-electron chi connectivity index (χ2n) is 5.39. The summed E-state index contributed by atoms with van der Waals surface area (Å²) in [5.74, 6) is 0.955. The smallest absolute Gasteiger partial charge is 0.207 e. The van der Waals surface area contributed by atoms with Gasteiger partial charge in [0, 0.05) is 24.0 Å². The topological polar surface area (TPSA) is 54.0 Å². The number of rotatable bonds is 3. The largest absolute Gasteiger partial charge is 0.369 e. The molecule has 0 fully saturated rings. The van der Waals surface area contributed by atoms with Gasteiger partial charge in [-0.25, -0.2) is 0 Å². The quantitative estimate of drug-likeness (QED) is 0.578. The number of para-hydroxylation sites is 2. The van der Waals surface area contributed by atoms with Crippen LogP contribution in [0.15, 0.2) is 101 Å². The van der Waals surface area contributed by atoms with Crippen LogP contribution in [0.4, 0.5) is 11.4 Å². The number of benzene rings is 3. The predicted octanol–water partition coefficient (Wildman–Crippen LogP) is 4.22. The monoisotopic (exact) mass is 328 g/mol. The van der Waals surface area contributed by atoms with Gasteiger partial charge in [-0.05, 0) is 24.3 Å². The summed E-state index contributed by atoms with van der Waals surface area (Å²) in [4.78, 5) is 10.8. The van der Waals surface area contributed by atoms with E-state index in [0.29, 0.717) is 11.8 Å². The molecule has 0 saturated heterocycles. The number of amidine groups is 1. The fourth-order valence-electron chi connectivity index (χ4n) is 2.56. The second kappa shape index (κ2) is 7.93. The standard InChI is InChI=1S/C21H20N4/c1-23-20(17-11-5-2-6-12-17)24-21(22)25(18-13-7-3-8-14-18)19-15-9-4-10-16-19/h2-16H,1H3,(H2,22,23,24). The third-order valence-electron chi connectivity index (χ3n) is 3.72. The van der Waals surface area contributed by atoms with E-state index in [0.717, 1.165) is 16.9 Å². The number of anilines is 2. The molecule has 0 aliphatic rings. The fraction of sp³-hybridized carbons (Fsp3) is 0.0476. The first kappa shape index (κ1) is 16.5. The summed E-state index contributed by atoms with van der Waals surface area (Å²) in [5.41, 5.74) is 9.20. The zero-order valence-electron chi connectivity index (χ0n) is 14.1. The first-order valence-corrected chi connectivity index (χ1v) is 8.06. The highest BCUT2D eigenvalue weighted by atomic mass is 15.3. The van der Waals surface area contributed by atoms with Gasteiger partial charge in [-0.1, -0.05) is 66.7 Å². The van der Waals surface area contributed by atoms with E-state index in [-0.39, 0.29) is 0 Å². The number of guanidine groups is 1. The molecular weight excluding hydrogens is 308 g/mol. The highest BCUT2D eigenvalue weighted by Gasteiger charge is 2.14. The molecule has 124 valence electrons. The predicted molar refractivity (Wildman–Crippen MR) is 106 cm³/mol. The van der Waals surface area contributed by atoms with Crippen LogP contribution in [0.2, 0.25) is 0 Å². The maximum atomic E-state index is 6.39. The van der Waals surface area contributed by atoms with Gasteiger partial charge < -0.3 is 5.73 Å². The second-order valence-corrected chi connectivity index (χ2v) is 5.39. The zero-order chi connectivity index (χ0) is 17.5. The molecule has 0 bridgehead atoms. The summed E-state index contributed by atoms with van der Waals surface area (Å²) in [6.45, 7) is 0. The highest BCUT2D eigenvalue weighted by Crippen LogP contribution is 2.24. The van der Waals surface area contributed by atoms with Gasteiger partial charge in [-0.15, -0.1) is 0 Å². The first-order chi connectivity index (χ1) is 12.3. The van der Waals surface area contributed by atoms with Gasteiger partial charge in [0.2, 0.25) is 5.96 Å². The Morgan fingerprint density at radius 3 is 1.60 bits per heavy atom. The molecule has 2 N–H and O–H groups in total. The molecule has 4 nitrogen and oxygen atoms in total. The fourth-order valence-corrected chi connectivity index (χ4v) is 2.56. The van der Waals surface area contributed by atoms with Gasteiger partial charge in [0.25, 0.3) is 0 Å². The summed E-state index contributed by atoms with van der Waals surface area (Å²) in [6.07, 6.45) is 0. The van der Waals surface area contributed by atoms with Gasteiger partial charge in [0.05, 0.1) is 0 Å². The number of aliphatic imine (C=N–C) groups is 2. The zero-order valence-corrected chi connectivity index (χ0v) is 14.1. The van der Waals surface area contributed by atoms with Crippen LogP contribution in [0.3, 0.4) is 0 Å². The summed E-state index contributed by atoms with van der Waals surface area (Å²) < 4.78 is 0. The SMILES string of the molecule is CN=C(N=C(N)N(c1ccccc1)c1ccccc1)c1ccccc1. The van der Waals surface area contributed by atoms with E-state index in [1.807, 2.05) is 95.9 Å². The molecule has 3 rings (SSSR count). The Balaban J connectivity index is 2.04. The summed E-state index contributed by atoms with van der Waals surface area (Å²) in [6, 6.07) is 29.7. The van der Waals surface area contributed by atoms with Crippen molar-refractivity contribution in [2.45, 2.75) is 0 Å². The molecule has 0 aliphatic heterocycles. The maximum absolute atomic E-state index is 6.39. The van der Waals surface area contributed by atoms with Gasteiger partial charge >= 0.3 is 0 Å². The lowest BCUT2D eigenvalue weighted by molar-refractivity contribution is 1.28. The maximum Gasteiger partial charge on any atom is 0.207 e. The van der Waals surface area contributed by atoms with Crippen LogP contribution in [0.1, 0.15) is 5.56 Å². The molecule has 0 spiro atoms. The minimum Gasteiger partial charge on any atom is -0.369 e. The molecule has 0 atom stereocenters. The van der Waals surface area contributed by atoms with Gasteiger partial charge in [0.15, 0.2) is 5.84 Å². The van der Waals surface area contributed by atoms with Crippen LogP contribution < -0.4 is 10.6 Å². The average molecular weight is 328 g/mol. The minimum absolute atomic E-state index is 0.363. The van der Waals surface area contributed by atoms with E-state index in [9.17, 15) is 0 Å². The van der Waals surface area contributed by atoms with E-state index >= 15 is 0 Å².